The molecule has 3 N–H and O–H groups in total. The number of rotatable bonds is 9. The van der Waals surface area contributed by atoms with E-state index in [4.69, 9.17) is 10.6 Å². The fourth-order valence-corrected chi connectivity index (χ4v) is 4.60. The Hall–Kier alpha value is -2.60. The van der Waals surface area contributed by atoms with Crippen molar-refractivity contribution in [1.29, 1.82) is 0 Å². The number of primary amides is 1. The number of nitro benzene ring substituents is 1. The minimum atomic E-state index is -4.41. The second kappa shape index (κ2) is 9.27. The van der Waals surface area contributed by atoms with E-state index in [1.54, 1.807) is 6.08 Å². The molecule has 2 atom stereocenters. The number of nitrogens with two attached hydrogens (primary N) is 1. The van der Waals surface area contributed by atoms with Crippen LogP contribution < -0.4 is 11.1 Å². The Morgan fingerprint density at radius 2 is 2.14 bits per heavy atom. The number of sulfonamides is 1. The van der Waals surface area contributed by atoms with Gasteiger partial charge in [-0.15, -0.1) is 6.58 Å². The van der Waals surface area contributed by atoms with Crippen LogP contribution in [0.4, 0.5) is 5.69 Å². The van der Waals surface area contributed by atoms with Gasteiger partial charge in [-0.1, -0.05) is 42.6 Å². The number of hydrogen-bond acceptors (Lipinski definition) is 7. The lowest BCUT2D eigenvalue weighted by Gasteiger charge is -2.35. The fraction of sp³-hybridized carbons (Fsp3) is 0.389. The van der Waals surface area contributed by atoms with Crippen molar-refractivity contribution in [3.05, 3.63) is 58.7 Å². The molecule has 2 rings (SSSR count). The van der Waals surface area contributed by atoms with Crippen LogP contribution in [-0.2, 0) is 19.7 Å². The summed E-state index contributed by atoms with van der Waals surface area (Å²) in [5.74, 6) is -0.679. The molecular formula is C18H24N4O6S. The summed E-state index contributed by atoms with van der Waals surface area (Å²) >= 11 is 0. The van der Waals surface area contributed by atoms with Crippen LogP contribution in [0, 0.1) is 16.0 Å². The molecule has 0 unspecified atom stereocenters. The maximum Gasteiger partial charge on any atom is 0.289 e. The highest BCUT2D eigenvalue weighted by atomic mass is 32.2. The summed E-state index contributed by atoms with van der Waals surface area (Å²) in [7, 11) is -4.41. The molecule has 158 valence electrons. The number of nitro groups is 1. The van der Waals surface area contributed by atoms with Crippen molar-refractivity contribution in [1.82, 2.24) is 9.79 Å². The largest absolute Gasteiger partial charge is 0.368 e. The van der Waals surface area contributed by atoms with E-state index in [1.807, 2.05) is 13.8 Å². The van der Waals surface area contributed by atoms with Crippen LogP contribution in [0.3, 0.4) is 0 Å². The third-order valence-corrected chi connectivity index (χ3v) is 6.12. The lowest BCUT2D eigenvalue weighted by Crippen LogP contribution is -2.54. The number of hydrogen-bond donors (Lipinski definition) is 2. The van der Waals surface area contributed by atoms with Gasteiger partial charge in [-0.25, -0.2) is 8.42 Å². The van der Waals surface area contributed by atoms with Gasteiger partial charge < -0.3 is 11.1 Å². The van der Waals surface area contributed by atoms with Crippen LogP contribution in [0.15, 0.2) is 53.5 Å². The number of amides is 1. The maximum absolute atomic E-state index is 13.3. The Morgan fingerprint density at radius 3 is 2.69 bits per heavy atom. The molecule has 0 saturated carbocycles. The summed E-state index contributed by atoms with van der Waals surface area (Å²) in [6.45, 7) is 7.09. The summed E-state index contributed by atoms with van der Waals surface area (Å²) in [4.78, 5) is 27.2. The van der Waals surface area contributed by atoms with Gasteiger partial charge in [0.05, 0.1) is 17.6 Å². The predicted molar refractivity (Wildman–Crippen MR) is 106 cm³/mol. The molecule has 0 radical (unpaired) electrons. The van der Waals surface area contributed by atoms with Gasteiger partial charge in [0.25, 0.3) is 15.7 Å². The first-order valence-electron chi connectivity index (χ1n) is 8.87. The molecule has 1 aliphatic rings. The van der Waals surface area contributed by atoms with Crippen LogP contribution in [0.25, 0.3) is 0 Å². The molecule has 0 spiro atoms. The third kappa shape index (κ3) is 4.88. The predicted octanol–water partition coefficient (Wildman–Crippen LogP) is 1.11. The number of nitrogens with one attached hydrogen (secondary N) is 1. The number of nitrogens with zero attached hydrogens (tertiary/aromatic N) is 2. The standard InChI is InChI=1S/C18H24N4O6S/c1-4-9-28-22(13-10-14(12(2)3)17(18(19)23)20-11-13)29(26,27)16-8-6-5-7-15(16)21(24)25/h4-8,10,12-13,17,20H,1,9,11H2,2-3H3,(H2,19,23)/t13-,17+/m1/s1. The average Bonchev–Trinajstić information content (AvgIpc) is 2.67. The summed E-state index contributed by atoms with van der Waals surface area (Å²) in [5, 5.41) is 14.3. The molecule has 0 aliphatic carbocycles. The first-order valence-corrected chi connectivity index (χ1v) is 10.3. The van der Waals surface area contributed by atoms with Crippen molar-refractivity contribution in [3.8, 4) is 0 Å². The van der Waals surface area contributed by atoms with E-state index < -0.39 is 43.5 Å². The van der Waals surface area contributed by atoms with Crippen molar-refractivity contribution in [2.24, 2.45) is 11.7 Å². The lowest BCUT2D eigenvalue weighted by atomic mass is 9.90. The van der Waals surface area contributed by atoms with Gasteiger partial charge in [0, 0.05) is 12.6 Å². The van der Waals surface area contributed by atoms with E-state index in [-0.39, 0.29) is 19.1 Å². The SMILES string of the molecule is C=CCON([C@@H]1C=C(C(C)C)[C@@H](C(N)=O)NC1)S(=O)(=O)c1ccccc1[N+](=O)[O-]. The van der Waals surface area contributed by atoms with E-state index in [9.17, 15) is 23.3 Å². The zero-order valence-corrected chi connectivity index (χ0v) is 17.0. The second-order valence-corrected chi connectivity index (χ2v) is 8.45. The smallest absolute Gasteiger partial charge is 0.289 e. The molecule has 0 aromatic heterocycles. The van der Waals surface area contributed by atoms with Gasteiger partial charge in [-0.3, -0.25) is 19.7 Å². The zero-order chi connectivity index (χ0) is 21.8. The van der Waals surface area contributed by atoms with Gasteiger partial charge in [-0.05, 0) is 17.6 Å². The van der Waals surface area contributed by atoms with Crippen molar-refractivity contribution in [2.45, 2.75) is 30.8 Å². The molecule has 29 heavy (non-hydrogen) atoms. The van der Waals surface area contributed by atoms with Gasteiger partial charge in [-0.2, -0.15) is 0 Å². The highest BCUT2D eigenvalue weighted by Gasteiger charge is 2.39. The van der Waals surface area contributed by atoms with Crippen LogP contribution in [-0.4, -0.2) is 49.0 Å². The molecule has 10 nitrogen and oxygen atoms in total. The second-order valence-electron chi connectivity index (χ2n) is 6.70. The molecule has 11 heteroatoms. The number of carbonyl (C=O) groups is 1. The number of benzene rings is 1. The summed E-state index contributed by atoms with van der Waals surface area (Å²) in [5.41, 5.74) is 5.48. The maximum atomic E-state index is 13.3. The summed E-state index contributed by atoms with van der Waals surface area (Å²) in [6.07, 6.45) is 2.96. The first kappa shape index (κ1) is 22.7. The van der Waals surface area contributed by atoms with Crippen LogP contribution in [0.2, 0.25) is 0 Å². The molecule has 0 bridgehead atoms. The van der Waals surface area contributed by atoms with Crippen molar-refractivity contribution in [3.63, 3.8) is 0 Å². The molecule has 1 aliphatic heterocycles. The molecular weight excluding hydrogens is 400 g/mol. The van der Waals surface area contributed by atoms with Gasteiger partial charge in [0.2, 0.25) is 5.91 Å². The molecule has 1 amide bonds. The number of hydroxylamine groups is 1. The molecule has 0 fully saturated rings. The minimum absolute atomic E-state index is 0.0286. The third-order valence-electron chi connectivity index (χ3n) is 4.37. The molecule has 1 heterocycles. The van der Waals surface area contributed by atoms with E-state index in [1.165, 1.54) is 18.2 Å². The molecule has 0 saturated heterocycles. The quantitative estimate of drug-likeness (QED) is 0.343. The van der Waals surface area contributed by atoms with Crippen LogP contribution >= 0.6 is 0 Å². The Labute approximate surface area is 169 Å². The summed E-state index contributed by atoms with van der Waals surface area (Å²) < 4.78 is 27.2. The Morgan fingerprint density at radius 1 is 1.48 bits per heavy atom. The highest BCUT2D eigenvalue weighted by molar-refractivity contribution is 7.89. The minimum Gasteiger partial charge on any atom is -0.368 e. The van der Waals surface area contributed by atoms with Gasteiger partial charge in [0.1, 0.15) is 6.04 Å². The first-order chi connectivity index (χ1) is 13.6. The highest BCUT2D eigenvalue weighted by Crippen LogP contribution is 2.30. The van der Waals surface area contributed by atoms with Crippen LogP contribution in [0.1, 0.15) is 13.8 Å². The number of para-hydroxylation sites is 1. The fourth-order valence-electron chi connectivity index (χ4n) is 3.05. The zero-order valence-electron chi connectivity index (χ0n) is 16.1. The normalized spacial score (nSPS) is 19.8. The van der Waals surface area contributed by atoms with Gasteiger partial charge in [0.15, 0.2) is 4.90 Å². The van der Waals surface area contributed by atoms with Crippen LogP contribution in [0.5, 0.6) is 0 Å². The van der Waals surface area contributed by atoms with Crippen molar-refractivity contribution in [2.75, 3.05) is 13.2 Å². The Kier molecular flexibility index (Phi) is 7.25. The molecule has 1 aromatic carbocycles. The van der Waals surface area contributed by atoms with Crippen molar-refractivity contribution >= 4 is 21.6 Å². The average molecular weight is 424 g/mol. The van der Waals surface area contributed by atoms with Gasteiger partial charge >= 0.3 is 0 Å². The van der Waals surface area contributed by atoms with E-state index in [2.05, 4.69) is 11.9 Å². The lowest BCUT2D eigenvalue weighted by molar-refractivity contribution is -0.387. The van der Waals surface area contributed by atoms with Crippen molar-refractivity contribution < 1.29 is 23.0 Å². The summed E-state index contributed by atoms with van der Waals surface area (Å²) in [6, 6.07) is 3.43. The number of carbonyl (C=O) groups excluding carboxylic acids is 1. The van der Waals surface area contributed by atoms with E-state index >= 15 is 0 Å². The molecule has 1 aromatic rings. The topological polar surface area (TPSA) is 145 Å². The Bertz CT molecular complexity index is 928. The van der Waals surface area contributed by atoms with E-state index in [0.717, 1.165) is 12.1 Å². The Balaban J connectivity index is 2.56. The van der Waals surface area contributed by atoms with E-state index in [0.29, 0.717) is 10.0 Å². The monoisotopic (exact) mass is 424 g/mol.